The molecule has 0 aliphatic carbocycles. The number of carbonyl (C=O) groups excluding carboxylic acids is 2. The highest BCUT2D eigenvalue weighted by atomic mass is 35.5. The van der Waals surface area contributed by atoms with Crippen LogP contribution >= 0.6 is 22.9 Å². The summed E-state index contributed by atoms with van der Waals surface area (Å²) in [7, 11) is 0. The maximum absolute atomic E-state index is 11.4. The fourth-order valence-electron chi connectivity index (χ4n) is 1.22. The van der Waals surface area contributed by atoms with Gasteiger partial charge in [-0.15, -0.1) is 22.9 Å². The summed E-state index contributed by atoms with van der Waals surface area (Å²) in [5, 5.41) is 6.80. The Hall–Kier alpha value is -1.07. The first-order valence-corrected chi connectivity index (χ1v) is 6.28. The van der Waals surface area contributed by atoms with E-state index in [9.17, 15) is 9.59 Å². The molecule has 0 fully saturated rings. The summed E-state index contributed by atoms with van der Waals surface area (Å²) < 4.78 is 0. The summed E-state index contributed by atoms with van der Waals surface area (Å²) in [6, 6.07) is 3.29. The van der Waals surface area contributed by atoms with Crippen molar-refractivity contribution in [3.8, 4) is 0 Å². The third kappa shape index (κ3) is 3.83. The Kier molecular flexibility index (Phi) is 5.28. The summed E-state index contributed by atoms with van der Waals surface area (Å²) in [6.07, 6.45) is 0.767. The minimum Gasteiger partial charge on any atom is -0.330 e. The zero-order valence-corrected chi connectivity index (χ0v) is 10.4. The Morgan fingerprint density at radius 3 is 2.81 bits per heavy atom. The van der Waals surface area contributed by atoms with Crippen LogP contribution in [0.2, 0.25) is 0 Å². The minimum absolute atomic E-state index is 0.0666. The molecule has 0 radical (unpaired) electrons. The molecule has 0 aliphatic heterocycles. The Balaban J connectivity index is 2.51. The molecule has 1 atom stereocenters. The van der Waals surface area contributed by atoms with Gasteiger partial charge in [-0.25, -0.2) is 4.79 Å². The predicted octanol–water partition coefficient (Wildman–Crippen LogP) is 2.26. The van der Waals surface area contributed by atoms with Crippen LogP contribution in [-0.4, -0.2) is 17.8 Å². The average Bonchev–Trinajstić information content (AvgIpc) is 2.79. The fraction of sp³-hybridized carbons (Fsp3) is 0.400. The molecule has 88 valence electrons. The molecule has 2 N–H and O–H groups in total. The van der Waals surface area contributed by atoms with Gasteiger partial charge in [-0.3, -0.25) is 10.1 Å². The highest BCUT2D eigenvalue weighted by Gasteiger charge is 2.14. The molecule has 16 heavy (non-hydrogen) atoms. The summed E-state index contributed by atoms with van der Waals surface area (Å²) >= 11 is 6.84. The SMILES string of the molecule is CCC(NC(=O)NC(=O)CCl)c1cccs1. The number of urea groups is 1. The largest absolute Gasteiger partial charge is 0.330 e. The number of nitrogens with one attached hydrogen (secondary N) is 2. The van der Waals surface area contributed by atoms with E-state index in [4.69, 9.17) is 11.6 Å². The molecular weight excluding hydrogens is 248 g/mol. The van der Waals surface area contributed by atoms with Crippen molar-refractivity contribution >= 4 is 34.9 Å². The maximum atomic E-state index is 11.4. The maximum Gasteiger partial charge on any atom is 0.321 e. The van der Waals surface area contributed by atoms with E-state index in [0.29, 0.717) is 0 Å². The molecular formula is C10H13ClN2O2S. The minimum atomic E-state index is -0.508. The molecule has 6 heteroatoms. The number of halogens is 1. The molecule has 0 bridgehead atoms. The van der Waals surface area contributed by atoms with Gasteiger partial charge in [0.15, 0.2) is 0 Å². The van der Waals surface area contributed by atoms with Crippen LogP contribution in [0.1, 0.15) is 24.3 Å². The van der Waals surface area contributed by atoms with Crippen molar-refractivity contribution in [2.24, 2.45) is 0 Å². The van der Waals surface area contributed by atoms with Gasteiger partial charge in [0.1, 0.15) is 5.88 Å². The van der Waals surface area contributed by atoms with Gasteiger partial charge in [0.05, 0.1) is 6.04 Å². The van der Waals surface area contributed by atoms with Gasteiger partial charge in [0.2, 0.25) is 5.91 Å². The van der Waals surface area contributed by atoms with E-state index < -0.39 is 11.9 Å². The molecule has 1 aromatic heterocycles. The average molecular weight is 261 g/mol. The van der Waals surface area contributed by atoms with E-state index in [-0.39, 0.29) is 11.9 Å². The Bertz CT molecular complexity index is 354. The van der Waals surface area contributed by atoms with Gasteiger partial charge in [0, 0.05) is 4.88 Å². The molecule has 0 saturated heterocycles. The Morgan fingerprint density at radius 2 is 2.31 bits per heavy atom. The van der Waals surface area contributed by atoms with Gasteiger partial charge < -0.3 is 5.32 Å². The van der Waals surface area contributed by atoms with E-state index in [1.165, 1.54) is 0 Å². The molecule has 1 unspecified atom stereocenters. The number of hydrogen-bond acceptors (Lipinski definition) is 3. The quantitative estimate of drug-likeness (QED) is 0.816. The molecule has 0 saturated carbocycles. The van der Waals surface area contributed by atoms with E-state index in [1.54, 1.807) is 11.3 Å². The van der Waals surface area contributed by atoms with Crippen molar-refractivity contribution in [3.05, 3.63) is 22.4 Å². The predicted molar refractivity (Wildman–Crippen MR) is 64.7 cm³/mol. The number of carbonyl (C=O) groups is 2. The summed E-state index contributed by atoms with van der Waals surface area (Å²) in [5.41, 5.74) is 0. The second-order valence-electron chi connectivity index (χ2n) is 3.13. The van der Waals surface area contributed by atoms with Crippen LogP contribution in [0.3, 0.4) is 0 Å². The second-order valence-corrected chi connectivity index (χ2v) is 4.38. The van der Waals surface area contributed by atoms with Crippen molar-refractivity contribution in [1.82, 2.24) is 10.6 Å². The van der Waals surface area contributed by atoms with Gasteiger partial charge >= 0.3 is 6.03 Å². The summed E-state index contributed by atoms with van der Waals surface area (Å²) in [5.74, 6) is -0.719. The number of amides is 3. The third-order valence-electron chi connectivity index (χ3n) is 1.97. The molecule has 1 rings (SSSR count). The Labute approximate surface area is 103 Å². The Morgan fingerprint density at radius 1 is 1.56 bits per heavy atom. The first-order valence-electron chi connectivity index (χ1n) is 4.87. The zero-order chi connectivity index (χ0) is 12.0. The van der Waals surface area contributed by atoms with Crippen LogP contribution in [0.25, 0.3) is 0 Å². The molecule has 3 amide bonds. The summed E-state index contributed by atoms with van der Waals surface area (Å²) in [4.78, 5) is 23.3. The zero-order valence-electron chi connectivity index (χ0n) is 8.83. The molecule has 1 aromatic rings. The van der Waals surface area contributed by atoms with Crippen LogP contribution in [0, 0.1) is 0 Å². The van der Waals surface area contributed by atoms with E-state index in [1.807, 2.05) is 24.4 Å². The first-order chi connectivity index (χ1) is 7.67. The second kappa shape index (κ2) is 6.50. The number of hydrogen-bond donors (Lipinski definition) is 2. The van der Waals surface area contributed by atoms with Gasteiger partial charge in [-0.2, -0.15) is 0 Å². The lowest BCUT2D eigenvalue weighted by molar-refractivity contribution is -0.117. The van der Waals surface area contributed by atoms with Crippen LogP contribution in [0.5, 0.6) is 0 Å². The third-order valence-corrected chi connectivity index (χ3v) is 3.20. The smallest absolute Gasteiger partial charge is 0.321 e. The first kappa shape index (κ1) is 13.0. The van der Waals surface area contributed by atoms with E-state index >= 15 is 0 Å². The van der Waals surface area contributed by atoms with Crippen LogP contribution < -0.4 is 10.6 Å². The number of rotatable bonds is 4. The highest BCUT2D eigenvalue weighted by Crippen LogP contribution is 2.21. The lowest BCUT2D eigenvalue weighted by atomic mass is 10.2. The van der Waals surface area contributed by atoms with E-state index in [0.717, 1.165) is 11.3 Å². The molecule has 4 nitrogen and oxygen atoms in total. The van der Waals surface area contributed by atoms with Crippen LogP contribution in [0.15, 0.2) is 17.5 Å². The highest BCUT2D eigenvalue weighted by molar-refractivity contribution is 7.10. The number of alkyl halides is 1. The molecule has 0 aliphatic rings. The molecule has 0 aromatic carbocycles. The lowest BCUT2D eigenvalue weighted by Gasteiger charge is -2.15. The van der Waals surface area contributed by atoms with Gasteiger partial charge in [-0.1, -0.05) is 13.0 Å². The number of thiophene rings is 1. The number of imide groups is 1. The van der Waals surface area contributed by atoms with Crippen LogP contribution in [0.4, 0.5) is 4.79 Å². The summed E-state index contributed by atoms with van der Waals surface area (Å²) in [6.45, 7) is 1.97. The van der Waals surface area contributed by atoms with E-state index in [2.05, 4.69) is 10.6 Å². The van der Waals surface area contributed by atoms with Crippen LogP contribution in [-0.2, 0) is 4.79 Å². The van der Waals surface area contributed by atoms with Crippen molar-refractivity contribution in [2.75, 3.05) is 5.88 Å². The van der Waals surface area contributed by atoms with Crippen molar-refractivity contribution in [3.63, 3.8) is 0 Å². The monoisotopic (exact) mass is 260 g/mol. The molecule has 0 spiro atoms. The van der Waals surface area contributed by atoms with Gasteiger partial charge in [0.25, 0.3) is 0 Å². The van der Waals surface area contributed by atoms with Crippen molar-refractivity contribution in [1.29, 1.82) is 0 Å². The van der Waals surface area contributed by atoms with Crippen molar-refractivity contribution < 1.29 is 9.59 Å². The lowest BCUT2D eigenvalue weighted by Crippen LogP contribution is -2.41. The topological polar surface area (TPSA) is 58.2 Å². The van der Waals surface area contributed by atoms with Crippen molar-refractivity contribution in [2.45, 2.75) is 19.4 Å². The standard InChI is InChI=1S/C10H13ClN2O2S/c1-2-7(8-4-3-5-16-8)12-10(15)13-9(14)6-11/h3-5,7H,2,6H2,1H3,(H2,12,13,14,15). The molecule has 1 heterocycles. The normalized spacial score (nSPS) is 11.9. The fourth-order valence-corrected chi connectivity index (χ4v) is 2.15. The van der Waals surface area contributed by atoms with Gasteiger partial charge in [-0.05, 0) is 17.9 Å².